The van der Waals surface area contributed by atoms with Gasteiger partial charge in [-0.3, -0.25) is 0 Å². The Morgan fingerprint density at radius 1 is 1.00 bits per heavy atom. The van der Waals surface area contributed by atoms with E-state index in [-0.39, 0.29) is 0 Å². The van der Waals surface area contributed by atoms with Crippen LogP contribution in [0.15, 0.2) is 20.6 Å². The Hall–Kier alpha value is 0.750. The van der Waals surface area contributed by atoms with Gasteiger partial charge in [-0.2, -0.15) is 11.3 Å². The van der Waals surface area contributed by atoms with E-state index in [1.54, 1.807) is 0 Å². The second-order valence-corrected chi connectivity index (χ2v) is 6.32. The highest BCUT2D eigenvalue weighted by Crippen LogP contribution is 2.40. The first-order chi connectivity index (χ1) is 4.97. The van der Waals surface area contributed by atoms with Crippen LogP contribution in [-0.4, -0.2) is 10.2 Å². The highest BCUT2D eigenvalue weighted by molar-refractivity contribution is 8.24. The normalized spacial score (nSPS) is 18.0. The average molecular weight is 206 g/mol. The standard InChI is InChI=1S/C6H6S4/c1-5-6(2-7-1)10-4-8-3-9-5/h1-2H,3-4H2. The van der Waals surface area contributed by atoms with E-state index in [0.717, 1.165) is 0 Å². The molecule has 0 N–H and O–H groups in total. The molecule has 10 heavy (non-hydrogen) atoms. The van der Waals surface area contributed by atoms with Crippen molar-refractivity contribution in [1.29, 1.82) is 0 Å². The molecule has 2 heterocycles. The predicted molar refractivity (Wildman–Crippen MR) is 53.4 cm³/mol. The van der Waals surface area contributed by atoms with E-state index in [9.17, 15) is 0 Å². The lowest BCUT2D eigenvalue weighted by Gasteiger charge is -1.91. The molecule has 0 fully saturated rings. The van der Waals surface area contributed by atoms with Crippen molar-refractivity contribution >= 4 is 46.6 Å². The van der Waals surface area contributed by atoms with E-state index in [1.807, 2.05) is 46.6 Å². The maximum absolute atomic E-state index is 2.25. The van der Waals surface area contributed by atoms with Crippen LogP contribution in [0.5, 0.6) is 0 Å². The Balaban J connectivity index is 2.28. The van der Waals surface area contributed by atoms with Crippen LogP contribution in [0.1, 0.15) is 0 Å². The highest BCUT2D eigenvalue weighted by Gasteiger charge is 2.08. The topological polar surface area (TPSA) is 0 Å². The van der Waals surface area contributed by atoms with Gasteiger partial charge < -0.3 is 0 Å². The summed E-state index contributed by atoms with van der Waals surface area (Å²) in [5.41, 5.74) is 0. The molecule has 0 unspecified atom stereocenters. The fourth-order valence-electron chi connectivity index (χ4n) is 0.728. The Kier molecular flexibility index (Phi) is 2.54. The number of fused-ring (bicyclic) bond motifs is 1. The molecule has 54 valence electrons. The third kappa shape index (κ3) is 1.49. The van der Waals surface area contributed by atoms with Gasteiger partial charge in [-0.05, 0) is 0 Å². The van der Waals surface area contributed by atoms with E-state index in [1.165, 1.54) is 20.0 Å². The van der Waals surface area contributed by atoms with Gasteiger partial charge >= 0.3 is 0 Å². The van der Waals surface area contributed by atoms with Crippen LogP contribution in [0.4, 0.5) is 0 Å². The molecule has 1 aromatic heterocycles. The summed E-state index contributed by atoms with van der Waals surface area (Å²) in [6.45, 7) is 0. The molecule has 0 saturated heterocycles. The first-order valence-corrected chi connectivity index (χ1v) is 6.93. The Labute approximate surface area is 77.2 Å². The van der Waals surface area contributed by atoms with Crippen LogP contribution < -0.4 is 0 Å². The minimum Gasteiger partial charge on any atom is -0.150 e. The summed E-state index contributed by atoms with van der Waals surface area (Å²) in [5, 5.41) is 6.94. The molecule has 0 aromatic carbocycles. The lowest BCUT2D eigenvalue weighted by atomic mass is 10.7. The molecule has 0 radical (unpaired) electrons. The van der Waals surface area contributed by atoms with Crippen molar-refractivity contribution in [2.75, 3.05) is 10.2 Å². The van der Waals surface area contributed by atoms with E-state index < -0.39 is 0 Å². The van der Waals surface area contributed by atoms with Crippen molar-refractivity contribution in [3.8, 4) is 0 Å². The molecule has 2 rings (SSSR count). The molecule has 0 amide bonds. The monoisotopic (exact) mass is 206 g/mol. The van der Waals surface area contributed by atoms with Crippen molar-refractivity contribution < 1.29 is 0 Å². The summed E-state index contributed by atoms with van der Waals surface area (Å²) in [4.78, 5) is 2.97. The fraction of sp³-hybridized carbons (Fsp3) is 0.333. The lowest BCUT2D eigenvalue weighted by molar-refractivity contribution is 1.34. The van der Waals surface area contributed by atoms with E-state index in [2.05, 4.69) is 10.8 Å². The SMILES string of the molecule is c1scc2c1SCSCS2. The number of thiophene rings is 1. The molecule has 0 bridgehead atoms. The summed E-state index contributed by atoms with van der Waals surface area (Å²) >= 11 is 7.76. The van der Waals surface area contributed by atoms with Gasteiger partial charge in [0.15, 0.2) is 0 Å². The van der Waals surface area contributed by atoms with Gasteiger partial charge in [0.25, 0.3) is 0 Å². The third-order valence-electron chi connectivity index (χ3n) is 1.19. The van der Waals surface area contributed by atoms with Crippen LogP contribution in [0, 0.1) is 0 Å². The number of hydrogen-bond donors (Lipinski definition) is 0. The molecule has 0 aliphatic carbocycles. The minimum atomic E-state index is 1.22. The van der Waals surface area contributed by atoms with Gasteiger partial charge in [0.1, 0.15) is 0 Å². The molecule has 1 aliphatic heterocycles. The largest absolute Gasteiger partial charge is 0.150 e. The van der Waals surface area contributed by atoms with Crippen molar-refractivity contribution in [1.82, 2.24) is 0 Å². The van der Waals surface area contributed by atoms with Crippen LogP contribution in [0.25, 0.3) is 0 Å². The van der Waals surface area contributed by atoms with Gasteiger partial charge in [-0.15, -0.1) is 35.3 Å². The summed E-state index contributed by atoms with van der Waals surface area (Å²) in [5.74, 6) is 0. The smallest absolute Gasteiger partial charge is 0.0448 e. The number of rotatable bonds is 0. The molecular weight excluding hydrogens is 200 g/mol. The highest BCUT2D eigenvalue weighted by atomic mass is 32.2. The van der Waals surface area contributed by atoms with E-state index in [0.29, 0.717) is 0 Å². The van der Waals surface area contributed by atoms with Crippen molar-refractivity contribution in [3.05, 3.63) is 10.8 Å². The number of hydrogen-bond acceptors (Lipinski definition) is 4. The predicted octanol–water partition coefficient (Wildman–Crippen LogP) is 3.59. The van der Waals surface area contributed by atoms with E-state index >= 15 is 0 Å². The van der Waals surface area contributed by atoms with Crippen LogP contribution in [0.2, 0.25) is 0 Å². The van der Waals surface area contributed by atoms with Crippen LogP contribution in [-0.2, 0) is 0 Å². The van der Waals surface area contributed by atoms with Gasteiger partial charge in [0, 0.05) is 30.7 Å². The quantitative estimate of drug-likeness (QED) is 0.636. The Bertz CT molecular complexity index is 197. The minimum absolute atomic E-state index is 1.22. The van der Waals surface area contributed by atoms with Crippen molar-refractivity contribution in [3.63, 3.8) is 0 Å². The molecule has 1 aliphatic rings. The zero-order valence-electron chi connectivity index (χ0n) is 5.20. The summed E-state index contributed by atoms with van der Waals surface area (Å²) in [6.07, 6.45) is 0. The van der Waals surface area contributed by atoms with Gasteiger partial charge in [0.2, 0.25) is 0 Å². The second-order valence-electron chi connectivity index (χ2n) is 1.83. The van der Waals surface area contributed by atoms with Crippen molar-refractivity contribution in [2.24, 2.45) is 0 Å². The Morgan fingerprint density at radius 3 is 2.20 bits per heavy atom. The molecule has 0 nitrogen and oxygen atoms in total. The van der Waals surface area contributed by atoms with Gasteiger partial charge in [0.05, 0.1) is 0 Å². The lowest BCUT2D eigenvalue weighted by Crippen LogP contribution is -1.63. The first-order valence-electron chi connectivity index (χ1n) is 2.86. The molecule has 0 spiro atoms. The molecule has 1 aromatic rings. The molecule has 0 atom stereocenters. The second kappa shape index (κ2) is 3.43. The van der Waals surface area contributed by atoms with Crippen LogP contribution in [0.3, 0.4) is 0 Å². The third-order valence-corrected chi connectivity index (χ3v) is 5.93. The zero-order valence-corrected chi connectivity index (χ0v) is 8.47. The first kappa shape index (κ1) is 7.40. The number of thioether (sulfide) groups is 3. The summed E-state index contributed by atoms with van der Waals surface area (Å²) in [7, 11) is 0. The zero-order chi connectivity index (χ0) is 6.81. The van der Waals surface area contributed by atoms with E-state index in [4.69, 9.17) is 0 Å². The summed E-state index contributed by atoms with van der Waals surface area (Å²) < 4.78 is 0. The van der Waals surface area contributed by atoms with Gasteiger partial charge in [-0.25, -0.2) is 0 Å². The fourth-order valence-corrected chi connectivity index (χ4v) is 5.65. The molecule has 4 heteroatoms. The average Bonchev–Trinajstić information content (AvgIpc) is 2.28. The maximum Gasteiger partial charge on any atom is 0.0448 e. The Morgan fingerprint density at radius 2 is 1.60 bits per heavy atom. The summed E-state index contributed by atoms with van der Waals surface area (Å²) in [6, 6.07) is 0. The van der Waals surface area contributed by atoms with Crippen LogP contribution >= 0.6 is 46.6 Å². The maximum atomic E-state index is 2.25. The molecule has 0 saturated carbocycles. The van der Waals surface area contributed by atoms with Crippen molar-refractivity contribution in [2.45, 2.75) is 9.79 Å². The van der Waals surface area contributed by atoms with Gasteiger partial charge in [-0.1, -0.05) is 0 Å². The molecular formula is C6H6S4.